The van der Waals surface area contributed by atoms with Crippen molar-refractivity contribution in [2.24, 2.45) is 5.92 Å². The first-order chi connectivity index (χ1) is 14.9. The summed E-state index contributed by atoms with van der Waals surface area (Å²) < 4.78 is 27.4. The molecule has 0 saturated carbocycles. The van der Waals surface area contributed by atoms with Gasteiger partial charge in [0.05, 0.1) is 10.6 Å². The molecule has 3 aromatic carbocycles. The minimum Gasteiger partial charge on any atom is -0.312 e. The van der Waals surface area contributed by atoms with Gasteiger partial charge in [0.2, 0.25) is 15.9 Å². The Kier molecular flexibility index (Phi) is 6.12. The number of piperidine rings is 1. The van der Waals surface area contributed by atoms with Crippen LogP contribution in [0.15, 0.2) is 71.6 Å². The van der Waals surface area contributed by atoms with Crippen LogP contribution in [0.5, 0.6) is 0 Å². The Bertz CT molecular complexity index is 1180. The van der Waals surface area contributed by atoms with Crippen LogP contribution in [0, 0.1) is 12.8 Å². The second kappa shape index (κ2) is 8.81. The summed E-state index contributed by atoms with van der Waals surface area (Å²) in [7, 11) is -3.53. The molecule has 0 radical (unpaired) electrons. The predicted molar refractivity (Wildman–Crippen MR) is 125 cm³/mol. The number of hydrogen-bond acceptors (Lipinski definition) is 3. The molecule has 1 amide bonds. The first kappa shape index (κ1) is 21.5. The minimum absolute atomic E-state index is 0.0752. The van der Waals surface area contributed by atoms with E-state index >= 15 is 0 Å². The number of aryl methyl sites for hydroxylation is 1. The Balaban J connectivity index is 1.50. The molecule has 0 aromatic heterocycles. The van der Waals surface area contributed by atoms with Gasteiger partial charge in [-0.2, -0.15) is 4.31 Å². The molecule has 4 rings (SSSR count). The van der Waals surface area contributed by atoms with Gasteiger partial charge in [0.25, 0.3) is 0 Å². The minimum atomic E-state index is -3.53. The van der Waals surface area contributed by atoms with E-state index in [-0.39, 0.29) is 11.8 Å². The Labute approximate surface area is 184 Å². The monoisotopic (exact) mass is 436 g/mol. The molecule has 3 aromatic rings. The van der Waals surface area contributed by atoms with E-state index in [1.807, 2.05) is 73.3 Å². The summed E-state index contributed by atoms with van der Waals surface area (Å²) in [4.78, 5) is 15.6. The highest BCUT2D eigenvalue weighted by Crippen LogP contribution is 2.31. The zero-order valence-electron chi connectivity index (χ0n) is 18.0. The van der Waals surface area contributed by atoms with Crippen LogP contribution in [0.2, 0.25) is 0 Å². The Hall–Kier alpha value is -2.70. The maximum Gasteiger partial charge on any atom is 0.243 e. The molecule has 0 spiro atoms. The summed E-state index contributed by atoms with van der Waals surface area (Å²) in [6.45, 7) is 5.22. The highest BCUT2D eigenvalue weighted by Gasteiger charge is 2.34. The molecule has 0 N–H and O–H groups in total. The lowest BCUT2D eigenvalue weighted by atomic mass is 9.95. The van der Waals surface area contributed by atoms with Gasteiger partial charge in [-0.05, 0) is 50.3 Å². The molecule has 1 fully saturated rings. The number of nitrogens with zero attached hydrogens (tertiary/aromatic N) is 2. The SMILES string of the molecule is CCN(C(=O)C1CCN(S(=O)(=O)c2ccc(C)cc2)CC1)c1cccc2ccccc12. The van der Waals surface area contributed by atoms with Gasteiger partial charge in [-0.1, -0.05) is 54.1 Å². The van der Waals surface area contributed by atoms with Crippen LogP contribution < -0.4 is 4.90 Å². The van der Waals surface area contributed by atoms with E-state index in [0.29, 0.717) is 37.4 Å². The third-order valence-electron chi connectivity index (χ3n) is 6.10. The largest absolute Gasteiger partial charge is 0.312 e. The maximum atomic E-state index is 13.4. The number of anilines is 1. The number of sulfonamides is 1. The van der Waals surface area contributed by atoms with E-state index in [9.17, 15) is 13.2 Å². The highest BCUT2D eigenvalue weighted by atomic mass is 32.2. The van der Waals surface area contributed by atoms with E-state index < -0.39 is 10.0 Å². The van der Waals surface area contributed by atoms with Crippen LogP contribution in [-0.4, -0.2) is 38.3 Å². The van der Waals surface area contributed by atoms with Crippen molar-refractivity contribution < 1.29 is 13.2 Å². The molecule has 5 nitrogen and oxygen atoms in total. The van der Waals surface area contributed by atoms with E-state index in [1.54, 1.807) is 12.1 Å². The molecule has 0 bridgehead atoms. The lowest BCUT2D eigenvalue weighted by molar-refractivity contribution is -0.123. The maximum absolute atomic E-state index is 13.4. The van der Waals surface area contributed by atoms with E-state index in [0.717, 1.165) is 22.0 Å². The number of rotatable bonds is 5. The van der Waals surface area contributed by atoms with Crippen molar-refractivity contribution in [2.75, 3.05) is 24.5 Å². The molecular formula is C25H28N2O3S. The summed E-state index contributed by atoms with van der Waals surface area (Å²) in [5.41, 5.74) is 1.94. The van der Waals surface area contributed by atoms with Crippen LogP contribution in [0.25, 0.3) is 10.8 Å². The number of fused-ring (bicyclic) bond motifs is 1. The summed E-state index contributed by atoms with van der Waals surface area (Å²) in [6.07, 6.45) is 1.07. The third-order valence-corrected chi connectivity index (χ3v) is 8.01. The molecule has 31 heavy (non-hydrogen) atoms. The van der Waals surface area contributed by atoms with E-state index in [2.05, 4.69) is 0 Å². The van der Waals surface area contributed by atoms with Crippen LogP contribution in [0.4, 0.5) is 5.69 Å². The zero-order chi connectivity index (χ0) is 22.0. The van der Waals surface area contributed by atoms with Crippen molar-refractivity contribution in [1.82, 2.24) is 4.31 Å². The normalized spacial score (nSPS) is 15.8. The van der Waals surface area contributed by atoms with Gasteiger partial charge in [0, 0.05) is 30.9 Å². The summed E-state index contributed by atoms with van der Waals surface area (Å²) in [5, 5.41) is 2.16. The Morgan fingerprint density at radius 3 is 2.29 bits per heavy atom. The van der Waals surface area contributed by atoms with Crippen molar-refractivity contribution >= 4 is 32.4 Å². The quantitative estimate of drug-likeness (QED) is 0.587. The zero-order valence-corrected chi connectivity index (χ0v) is 18.8. The molecule has 0 unspecified atom stereocenters. The summed E-state index contributed by atoms with van der Waals surface area (Å²) in [5.74, 6) is -0.102. The molecule has 162 valence electrons. The topological polar surface area (TPSA) is 57.7 Å². The molecular weight excluding hydrogens is 408 g/mol. The lowest BCUT2D eigenvalue weighted by Gasteiger charge is -2.33. The van der Waals surface area contributed by atoms with Gasteiger partial charge in [0.1, 0.15) is 0 Å². The number of amides is 1. The average Bonchev–Trinajstić information content (AvgIpc) is 2.80. The average molecular weight is 437 g/mol. The van der Waals surface area contributed by atoms with Crippen LogP contribution >= 0.6 is 0 Å². The number of carbonyl (C=O) groups excluding carboxylic acids is 1. The van der Waals surface area contributed by atoms with Gasteiger partial charge < -0.3 is 4.90 Å². The third kappa shape index (κ3) is 4.23. The van der Waals surface area contributed by atoms with Gasteiger partial charge in [-0.15, -0.1) is 0 Å². The second-order valence-corrected chi connectivity index (χ2v) is 10.0. The van der Waals surface area contributed by atoms with Gasteiger partial charge in [0.15, 0.2) is 0 Å². The number of hydrogen-bond donors (Lipinski definition) is 0. The molecule has 1 heterocycles. The fourth-order valence-corrected chi connectivity index (χ4v) is 5.78. The predicted octanol–water partition coefficient (Wildman–Crippen LogP) is 4.60. The summed E-state index contributed by atoms with van der Waals surface area (Å²) >= 11 is 0. The first-order valence-corrected chi connectivity index (χ1v) is 12.2. The van der Waals surface area contributed by atoms with Crippen molar-refractivity contribution in [3.05, 3.63) is 72.3 Å². The van der Waals surface area contributed by atoms with Crippen molar-refractivity contribution in [3.63, 3.8) is 0 Å². The van der Waals surface area contributed by atoms with Crippen LogP contribution in [0.1, 0.15) is 25.3 Å². The van der Waals surface area contributed by atoms with Crippen LogP contribution in [-0.2, 0) is 14.8 Å². The van der Waals surface area contributed by atoms with E-state index in [4.69, 9.17) is 0 Å². The van der Waals surface area contributed by atoms with Crippen molar-refractivity contribution in [1.29, 1.82) is 0 Å². The van der Waals surface area contributed by atoms with Gasteiger partial charge in [-0.25, -0.2) is 8.42 Å². The Morgan fingerprint density at radius 1 is 0.968 bits per heavy atom. The van der Waals surface area contributed by atoms with Gasteiger partial charge in [-0.3, -0.25) is 4.79 Å². The van der Waals surface area contributed by atoms with Gasteiger partial charge >= 0.3 is 0 Å². The first-order valence-electron chi connectivity index (χ1n) is 10.8. The van der Waals surface area contributed by atoms with Crippen molar-refractivity contribution in [3.8, 4) is 0 Å². The molecule has 1 saturated heterocycles. The molecule has 1 aliphatic heterocycles. The molecule has 0 atom stereocenters. The molecule has 0 aliphatic carbocycles. The second-order valence-electron chi connectivity index (χ2n) is 8.07. The number of carbonyl (C=O) groups is 1. The Morgan fingerprint density at radius 2 is 1.61 bits per heavy atom. The lowest BCUT2D eigenvalue weighted by Crippen LogP contribution is -2.44. The van der Waals surface area contributed by atoms with Crippen LogP contribution in [0.3, 0.4) is 0 Å². The molecule has 1 aliphatic rings. The summed E-state index contributed by atoms with van der Waals surface area (Å²) in [6, 6.07) is 21.0. The standard InChI is InChI=1S/C25H28N2O3S/c1-3-27(24-10-6-8-20-7-4-5-9-23(20)24)25(28)21-15-17-26(18-16-21)31(29,30)22-13-11-19(2)12-14-22/h4-14,21H,3,15-18H2,1-2H3. The number of benzene rings is 3. The van der Waals surface area contributed by atoms with Crippen molar-refractivity contribution in [2.45, 2.75) is 31.6 Å². The van der Waals surface area contributed by atoms with E-state index in [1.165, 1.54) is 4.31 Å². The highest BCUT2D eigenvalue weighted by molar-refractivity contribution is 7.89. The molecule has 6 heteroatoms. The fraction of sp³-hybridized carbons (Fsp3) is 0.320. The smallest absolute Gasteiger partial charge is 0.243 e. The fourth-order valence-electron chi connectivity index (χ4n) is 4.31.